The van der Waals surface area contributed by atoms with E-state index in [0.717, 1.165) is 48.0 Å². The van der Waals surface area contributed by atoms with Crippen LogP contribution in [0, 0.1) is 12.8 Å². The van der Waals surface area contributed by atoms with Crippen LogP contribution in [-0.4, -0.2) is 41.8 Å². The van der Waals surface area contributed by atoms with Gasteiger partial charge in [0.05, 0.1) is 33.5 Å². The standard InChI is InChI=1S/C28H37N2O3/c1-22-13-15-23(16-14-22)21-32-18-17-30(2,3)20-26-19-29-27(33-26)28(31,25-11-7-8-12-25)24-9-5-4-6-10-24/h4-6,9-10,13-16,19,25,31H,7-8,11-12,17-18,20-21H2,1-3H3/q+1. The summed E-state index contributed by atoms with van der Waals surface area (Å²) in [5.74, 6) is 1.34. The summed E-state index contributed by atoms with van der Waals surface area (Å²) in [4.78, 5) is 4.58. The first-order valence-corrected chi connectivity index (χ1v) is 12.1. The normalized spacial score (nSPS) is 16.7. The Hall–Kier alpha value is -2.47. The van der Waals surface area contributed by atoms with Gasteiger partial charge in [-0.1, -0.05) is 73.0 Å². The largest absolute Gasteiger partial charge is 0.436 e. The van der Waals surface area contributed by atoms with E-state index in [1.165, 1.54) is 11.1 Å². The molecule has 2 aromatic carbocycles. The zero-order valence-electron chi connectivity index (χ0n) is 20.2. The maximum Gasteiger partial charge on any atom is 0.231 e. The third-order valence-corrected chi connectivity index (χ3v) is 6.85. The van der Waals surface area contributed by atoms with E-state index in [0.29, 0.717) is 25.6 Å². The molecule has 1 saturated carbocycles. The molecule has 1 aliphatic rings. The van der Waals surface area contributed by atoms with Gasteiger partial charge in [-0.25, -0.2) is 4.98 Å². The molecule has 5 heteroatoms. The van der Waals surface area contributed by atoms with Crippen LogP contribution in [0.5, 0.6) is 0 Å². The Morgan fingerprint density at radius 2 is 1.76 bits per heavy atom. The fraction of sp³-hybridized carbons (Fsp3) is 0.464. The van der Waals surface area contributed by atoms with Crippen molar-refractivity contribution in [2.45, 2.75) is 51.4 Å². The molecular weight excluding hydrogens is 412 g/mol. The Bertz CT molecular complexity index is 1010. The van der Waals surface area contributed by atoms with Crippen LogP contribution < -0.4 is 0 Å². The fourth-order valence-electron chi connectivity index (χ4n) is 4.81. The second-order valence-electron chi connectivity index (χ2n) is 10.1. The highest BCUT2D eigenvalue weighted by Crippen LogP contribution is 2.44. The van der Waals surface area contributed by atoms with Gasteiger partial charge in [0, 0.05) is 5.92 Å². The van der Waals surface area contributed by atoms with Crippen molar-refractivity contribution in [2.75, 3.05) is 27.2 Å². The van der Waals surface area contributed by atoms with E-state index in [2.05, 4.69) is 50.3 Å². The number of aromatic nitrogens is 1. The Labute approximate surface area is 197 Å². The summed E-state index contributed by atoms with van der Waals surface area (Å²) in [6, 6.07) is 18.3. The van der Waals surface area contributed by atoms with Gasteiger partial charge >= 0.3 is 0 Å². The molecule has 1 heterocycles. The van der Waals surface area contributed by atoms with Crippen LogP contribution in [0.25, 0.3) is 0 Å². The SMILES string of the molecule is Cc1ccc(COCC[N+](C)(C)Cc2cnc(C(O)(c3ccccc3)C3CCCC3)o2)cc1. The van der Waals surface area contributed by atoms with Gasteiger partial charge in [0.15, 0.2) is 11.4 Å². The summed E-state index contributed by atoms with van der Waals surface area (Å²) < 4.78 is 12.9. The van der Waals surface area contributed by atoms with Gasteiger partial charge in [0.25, 0.3) is 0 Å². The van der Waals surface area contributed by atoms with Crippen molar-refractivity contribution in [1.29, 1.82) is 0 Å². The zero-order valence-corrected chi connectivity index (χ0v) is 20.2. The summed E-state index contributed by atoms with van der Waals surface area (Å²) in [5, 5.41) is 11.9. The molecule has 1 N–H and O–H groups in total. The summed E-state index contributed by atoms with van der Waals surface area (Å²) in [6.07, 6.45) is 6.04. The van der Waals surface area contributed by atoms with E-state index in [1.807, 2.05) is 30.3 Å². The molecule has 1 unspecified atom stereocenters. The number of likely N-dealkylation sites (N-methyl/N-ethyl adjacent to an activating group) is 1. The van der Waals surface area contributed by atoms with E-state index in [4.69, 9.17) is 9.15 Å². The summed E-state index contributed by atoms with van der Waals surface area (Å²) >= 11 is 0. The zero-order chi connectivity index (χ0) is 23.3. The molecule has 1 atom stereocenters. The molecular formula is C28H37N2O3+. The Morgan fingerprint density at radius 3 is 2.45 bits per heavy atom. The third-order valence-electron chi connectivity index (χ3n) is 6.85. The quantitative estimate of drug-likeness (QED) is 0.341. The van der Waals surface area contributed by atoms with E-state index < -0.39 is 5.60 Å². The topological polar surface area (TPSA) is 55.5 Å². The molecule has 176 valence electrons. The first kappa shape index (κ1) is 23.7. The van der Waals surface area contributed by atoms with Crippen LogP contribution in [0.1, 0.15) is 54.0 Å². The highest BCUT2D eigenvalue weighted by Gasteiger charge is 2.45. The van der Waals surface area contributed by atoms with Gasteiger partial charge in [-0.2, -0.15) is 0 Å². The number of aliphatic hydroxyl groups is 1. The van der Waals surface area contributed by atoms with Crippen molar-refractivity contribution < 1.29 is 18.7 Å². The number of rotatable bonds is 10. The molecule has 5 nitrogen and oxygen atoms in total. The van der Waals surface area contributed by atoms with Gasteiger partial charge in [0.1, 0.15) is 13.1 Å². The molecule has 0 spiro atoms. The number of hydrogen-bond acceptors (Lipinski definition) is 4. The lowest BCUT2D eigenvalue weighted by atomic mass is 9.80. The van der Waals surface area contributed by atoms with Crippen LogP contribution >= 0.6 is 0 Å². The lowest BCUT2D eigenvalue weighted by Crippen LogP contribution is -2.41. The first-order chi connectivity index (χ1) is 15.9. The predicted molar refractivity (Wildman–Crippen MR) is 129 cm³/mol. The monoisotopic (exact) mass is 449 g/mol. The average molecular weight is 450 g/mol. The van der Waals surface area contributed by atoms with Crippen molar-refractivity contribution in [1.82, 2.24) is 4.98 Å². The molecule has 1 aromatic heterocycles. The maximum absolute atomic E-state index is 11.9. The first-order valence-electron chi connectivity index (χ1n) is 12.1. The second kappa shape index (κ2) is 10.2. The molecule has 1 aliphatic carbocycles. The molecule has 1 fully saturated rings. The van der Waals surface area contributed by atoms with Gasteiger partial charge in [-0.05, 0) is 30.9 Å². The number of ether oxygens (including phenoxy) is 1. The van der Waals surface area contributed by atoms with Crippen LogP contribution in [0.15, 0.2) is 65.2 Å². The highest BCUT2D eigenvalue weighted by molar-refractivity contribution is 5.30. The number of nitrogens with zero attached hydrogens (tertiary/aromatic N) is 2. The minimum atomic E-state index is -1.18. The van der Waals surface area contributed by atoms with E-state index in [9.17, 15) is 5.11 Å². The summed E-state index contributed by atoms with van der Waals surface area (Å²) in [6.45, 7) is 4.92. The Balaban J connectivity index is 1.39. The van der Waals surface area contributed by atoms with E-state index in [-0.39, 0.29) is 5.92 Å². The number of oxazole rings is 1. The fourth-order valence-corrected chi connectivity index (χ4v) is 4.81. The molecule has 4 rings (SSSR count). The van der Waals surface area contributed by atoms with Gasteiger partial charge in [0.2, 0.25) is 5.89 Å². The number of benzene rings is 2. The second-order valence-corrected chi connectivity index (χ2v) is 10.1. The summed E-state index contributed by atoms with van der Waals surface area (Å²) in [7, 11) is 4.33. The van der Waals surface area contributed by atoms with E-state index in [1.54, 1.807) is 6.20 Å². The molecule has 3 aromatic rings. The van der Waals surface area contributed by atoms with Gasteiger partial charge in [-0.15, -0.1) is 0 Å². The Morgan fingerprint density at radius 1 is 1.06 bits per heavy atom. The molecule has 0 aliphatic heterocycles. The van der Waals surface area contributed by atoms with Crippen molar-refractivity contribution in [3.63, 3.8) is 0 Å². The molecule has 0 saturated heterocycles. The maximum atomic E-state index is 11.9. The van der Waals surface area contributed by atoms with Crippen molar-refractivity contribution >= 4 is 0 Å². The van der Waals surface area contributed by atoms with Crippen molar-refractivity contribution in [2.24, 2.45) is 5.92 Å². The third kappa shape index (κ3) is 5.72. The smallest absolute Gasteiger partial charge is 0.231 e. The minimum absolute atomic E-state index is 0.129. The lowest BCUT2D eigenvalue weighted by Gasteiger charge is -2.32. The predicted octanol–water partition coefficient (Wildman–Crippen LogP) is 5.20. The van der Waals surface area contributed by atoms with Crippen LogP contribution in [0.2, 0.25) is 0 Å². The summed E-state index contributed by atoms with van der Waals surface area (Å²) in [5.41, 5.74) is 2.14. The van der Waals surface area contributed by atoms with Crippen molar-refractivity contribution in [3.8, 4) is 0 Å². The highest BCUT2D eigenvalue weighted by atomic mass is 16.5. The molecule has 0 amide bonds. The van der Waals surface area contributed by atoms with Gasteiger partial charge in [-0.3, -0.25) is 0 Å². The van der Waals surface area contributed by atoms with Crippen LogP contribution in [0.4, 0.5) is 0 Å². The molecule has 0 radical (unpaired) electrons. The molecule has 33 heavy (non-hydrogen) atoms. The van der Waals surface area contributed by atoms with Crippen molar-refractivity contribution in [3.05, 3.63) is 89.1 Å². The molecule has 0 bridgehead atoms. The number of aryl methyl sites for hydroxylation is 1. The average Bonchev–Trinajstić information content (AvgIpc) is 3.51. The van der Waals surface area contributed by atoms with Gasteiger partial charge < -0.3 is 18.7 Å². The van der Waals surface area contributed by atoms with Crippen LogP contribution in [-0.2, 0) is 23.5 Å². The van der Waals surface area contributed by atoms with Crippen LogP contribution in [0.3, 0.4) is 0 Å². The lowest BCUT2D eigenvalue weighted by molar-refractivity contribution is -0.905. The number of quaternary nitrogens is 1. The number of hydrogen-bond donors (Lipinski definition) is 1. The van der Waals surface area contributed by atoms with E-state index >= 15 is 0 Å². The minimum Gasteiger partial charge on any atom is -0.436 e. The Kier molecular flexibility index (Phi) is 7.32.